The Kier molecular flexibility index (Phi) is 4.31. The van der Waals surface area contributed by atoms with E-state index in [-0.39, 0.29) is 0 Å². The molecule has 2 rings (SSSR count). The first kappa shape index (κ1) is 13.0. The van der Waals surface area contributed by atoms with Crippen molar-refractivity contribution >= 4 is 11.4 Å². The summed E-state index contributed by atoms with van der Waals surface area (Å²) < 4.78 is 11.0. The van der Waals surface area contributed by atoms with Crippen LogP contribution >= 0.6 is 0 Å². The monoisotopic (exact) mass is 250 g/mol. The van der Waals surface area contributed by atoms with Gasteiger partial charge in [0.25, 0.3) is 0 Å². The highest BCUT2D eigenvalue weighted by molar-refractivity contribution is 5.60. The highest BCUT2D eigenvalue weighted by atomic mass is 16.5. The van der Waals surface area contributed by atoms with Gasteiger partial charge in [0, 0.05) is 43.2 Å². The summed E-state index contributed by atoms with van der Waals surface area (Å²) in [5, 5.41) is 0. The molecule has 4 heteroatoms. The van der Waals surface area contributed by atoms with Gasteiger partial charge in [0.2, 0.25) is 0 Å². The summed E-state index contributed by atoms with van der Waals surface area (Å²) in [6, 6.07) is 5.87. The van der Waals surface area contributed by atoms with Crippen LogP contribution in [0.3, 0.4) is 0 Å². The highest BCUT2D eigenvalue weighted by Crippen LogP contribution is 2.28. The third-order valence-corrected chi connectivity index (χ3v) is 3.29. The molecule has 0 saturated carbocycles. The van der Waals surface area contributed by atoms with Crippen molar-refractivity contribution in [3.8, 4) is 5.75 Å². The van der Waals surface area contributed by atoms with Crippen LogP contribution in [0.25, 0.3) is 0 Å². The van der Waals surface area contributed by atoms with E-state index in [2.05, 4.69) is 4.90 Å². The Bertz CT molecular complexity index is 393. The van der Waals surface area contributed by atoms with Gasteiger partial charge >= 0.3 is 0 Å². The topological polar surface area (TPSA) is 47.7 Å². The van der Waals surface area contributed by atoms with Gasteiger partial charge in [-0.2, -0.15) is 0 Å². The molecule has 0 aliphatic carbocycles. The average Bonchev–Trinajstić information content (AvgIpc) is 2.39. The summed E-state index contributed by atoms with van der Waals surface area (Å²) in [5.41, 5.74) is 7.76. The SMILES string of the molecule is CCOC1CCCN(c2cc(N)cc(OC)c2)C1. The minimum Gasteiger partial charge on any atom is -0.497 e. The maximum absolute atomic E-state index is 5.90. The molecule has 1 aliphatic rings. The van der Waals surface area contributed by atoms with Crippen LogP contribution in [-0.2, 0) is 4.74 Å². The summed E-state index contributed by atoms with van der Waals surface area (Å²) in [5.74, 6) is 0.809. The molecule has 1 heterocycles. The molecule has 1 saturated heterocycles. The van der Waals surface area contributed by atoms with E-state index in [1.807, 2.05) is 25.1 Å². The minimum atomic E-state index is 0.330. The third kappa shape index (κ3) is 3.07. The van der Waals surface area contributed by atoms with Gasteiger partial charge in [-0.1, -0.05) is 0 Å². The predicted octanol–water partition coefficient (Wildman–Crippen LogP) is 2.28. The minimum absolute atomic E-state index is 0.330. The fourth-order valence-electron chi connectivity index (χ4n) is 2.45. The fourth-order valence-corrected chi connectivity index (χ4v) is 2.45. The smallest absolute Gasteiger partial charge is 0.122 e. The van der Waals surface area contributed by atoms with Gasteiger partial charge < -0.3 is 20.1 Å². The quantitative estimate of drug-likeness (QED) is 0.833. The number of rotatable bonds is 4. The first-order valence-electron chi connectivity index (χ1n) is 6.54. The number of nitrogens with zero attached hydrogens (tertiary/aromatic N) is 1. The van der Waals surface area contributed by atoms with Crippen LogP contribution in [0.15, 0.2) is 18.2 Å². The van der Waals surface area contributed by atoms with Gasteiger partial charge in [0.15, 0.2) is 0 Å². The molecule has 1 fully saturated rings. The van der Waals surface area contributed by atoms with E-state index in [9.17, 15) is 0 Å². The molecule has 1 atom stereocenters. The molecule has 0 spiro atoms. The Labute approximate surface area is 109 Å². The van der Waals surface area contributed by atoms with Gasteiger partial charge in [0.1, 0.15) is 5.75 Å². The van der Waals surface area contributed by atoms with Gasteiger partial charge in [-0.05, 0) is 25.8 Å². The van der Waals surface area contributed by atoms with Crippen molar-refractivity contribution in [2.45, 2.75) is 25.9 Å². The van der Waals surface area contributed by atoms with Gasteiger partial charge in [-0.15, -0.1) is 0 Å². The number of nitrogens with two attached hydrogens (primary N) is 1. The molecular weight excluding hydrogens is 228 g/mol. The summed E-state index contributed by atoms with van der Waals surface area (Å²) in [6.07, 6.45) is 2.63. The number of benzene rings is 1. The number of piperidine rings is 1. The molecule has 4 nitrogen and oxygen atoms in total. The summed E-state index contributed by atoms with van der Waals surface area (Å²) in [7, 11) is 1.66. The molecule has 100 valence electrons. The van der Waals surface area contributed by atoms with Crippen LogP contribution in [-0.4, -0.2) is 32.9 Å². The van der Waals surface area contributed by atoms with Crippen LogP contribution in [0.4, 0.5) is 11.4 Å². The average molecular weight is 250 g/mol. The van der Waals surface area contributed by atoms with Gasteiger partial charge in [0.05, 0.1) is 13.2 Å². The first-order valence-corrected chi connectivity index (χ1v) is 6.54. The molecular formula is C14H22N2O2. The number of methoxy groups -OCH3 is 1. The standard InChI is InChI=1S/C14H22N2O2/c1-3-18-13-5-4-6-16(10-13)12-7-11(15)8-14(9-12)17-2/h7-9,13H,3-6,10,15H2,1-2H3. The van der Waals surface area contributed by atoms with Crippen molar-refractivity contribution in [2.24, 2.45) is 0 Å². The van der Waals surface area contributed by atoms with Crippen molar-refractivity contribution in [1.29, 1.82) is 0 Å². The Morgan fingerprint density at radius 2 is 2.22 bits per heavy atom. The fraction of sp³-hybridized carbons (Fsp3) is 0.571. The lowest BCUT2D eigenvalue weighted by Crippen LogP contribution is -2.39. The van der Waals surface area contributed by atoms with Crippen molar-refractivity contribution < 1.29 is 9.47 Å². The van der Waals surface area contributed by atoms with Gasteiger partial charge in [-0.3, -0.25) is 0 Å². The van der Waals surface area contributed by atoms with E-state index < -0.39 is 0 Å². The van der Waals surface area contributed by atoms with E-state index in [1.165, 1.54) is 0 Å². The Morgan fingerprint density at radius 3 is 2.94 bits per heavy atom. The van der Waals surface area contributed by atoms with E-state index >= 15 is 0 Å². The van der Waals surface area contributed by atoms with Crippen molar-refractivity contribution in [1.82, 2.24) is 0 Å². The molecule has 0 amide bonds. The van der Waals surface area contributed by atoms with Crippen LogP contribution in [0.5, 0.6) is 5.75 Å². The summed E-state index contributed by atoms with van der Waals surface area (Å²) >= 11 is 0. The zero-order valence-corrected chi connectivity index (χ0v) is 11.2. The van der Waals surface area contributed by atoms with E-state index in [0.29, 0.717) is 6.10 Å². The number of hydrogen-bond acceptors (Lipinski definition) is 4. The number of hydrogen-bond donors (Lipinski definition) is 1. The molecule has 18 heavy (non-hydrogen) atoms. The maximum atomic E-state index is 5.90. The molecule has 1 aromatic rings. The lowest BCUT2D eigenvalue weighted by atomic mass is 10.1. The molecule has 2 N–H and O–H groups in total. The number of anilines is 2. The van der Waals surface area contributed by atoms with Crippen LogP contribution in [0.1, 0.15) is 19.8 Å². The summed E-state index contributed by atoms with van der Waals surface area (Å²) in [6.45, 7) is 4.80. The normalized spacial score (nSPS) is 19.9. The predicted molar refractivity (Wildman–Crippen MR) is 74.3 cm³/mol. The highest BCUT2D eigenvalue weighted by Gasteiger charge is 2.20. The number of ether oxygens (including phenoxy) is 2. The summed E-state index contributed by atoms with van der Waals surface area (Å²) in [4.78, 5) is 2.32. The van der Waals surface area contributed by atoms with Crippen molar-refractivity contribution in [2.75, 3.05) is 37.4 Å². The van der Waals surface area contributed by atoms with Crippen LogP contribution < -0.4 is 15.4 Å². The third-order valence-electron chi connectivity index (χ3n) is 3.29. The Balaban J connectivity index is 2.12. The molecule has 0 bridgehead atoms. The Hall–Kier alpha value is -1.42. The second kappa shape index (κ2) is 5.96. The van der Waals surface area contributed by atoms with E-state index in [1.54, 1.807) is 7.11 Å². The second-order valence-corrected chi connectivity index (χ2v) is 4.63. The van der Waals surface area contributed by atoms with Crippen LogP contribution in [0.2, 0.25) is 0 Å². The molecule has 0 aromatic heterocycles. The largest absolute Gasteiger partial charge is 0.497 e. The molecule has 1 aliphatic heterocycles. The van der Waals surface area contributed by atoms with Crippen molar-refractivity contribution in [3.63, 3.8) is 0 Å². The van der Waals surface area contributed by atoms with Crippen LogP contribution in [0, 0.1) is 0 Å². The van der Waals surface area contributed by atoms with E-state index in [0.717, 1.165) is 49.7 Å². The Morgan fingerprint density at radius 1 is 1.39 bits per heavy atom. The molecule has 0 radical (unpaired) electrons. The maximum Gasteiger partial charge on any atom is 0.122 e. The molecule has 1 unspecified atom stereocenters. The zero-order chi connectivity index (χ0) is 13.0. The second-order valence-electron chi connectivity index (χ2n) is 4.63. The first-order chi connectivity index (χ1) is 8.72. The van der Waals surface area contributed by atoms with E-state index in [4.69, 9.17) is 15.2 Å². The number of nitrogen functional groups attached to an aromatic ring is 1. The van der Waals surface area contributed by atoms with Gasteiger partial charge in [-0.25, -0.2) is 0 Å². The lowest BCUT2D eigenvalue weighted by molar-refractivity contribution is 0.0526. The zero-order valence-electron chi connectivity index (χ0n) is 11.2. The lowest BCUT2D eigenvalue weighted by Gasteiger charge is -2.34. The van der Waals surface area contributed by atoms with Crippen molar-refractivity contribution in [3.05, 3.63) is 18.2 Å². The molecule has 1 aromatic carbocycles.